The first-order chi connectivity index (χ1) is 5.86. The van der Waals surface area contributed by atoms with Gasteiger partial charge in [-0.3, -0.25) is 0 Å². The Hall–Kier alpha value is -1.30. The van der Waals surface area contributed by atoms with Crippen LogP contribution in [0, 0.1) is 5.92 Å². The predicted molar refractivity (Wildman–Crippen MR) is 52.8 cm³/mol. The lowest BCUT2D eigenvalue weighted by Crippen LogP contribution is -1.90. The maximum Gasteiger partial charge on any atom is 0.0207 e. The van der Waals surface area contributed by atoms with Gasteiger partial charge in [0.25, 0.3) is 0 Å². The van der Waals surface area contributed by atoms with Crippen LogP contribution in [0.1, 0.15) is 6.92 Å². The zero-order valence-corrected chi connectivity index (χ0v) is 7.20. The maximum absolute atomic E-state index is 2.29. The Bertz CT molecular complexity index is 322. The number of rotatable bonds is 0. The summed E-state index contributed by atoms with van der Waals surface area (Å²) in [6.07, 6.45) is 17.3. The molecule has 0 saturated heterocycles. The molecule has 0 N–H and O–H groups in total. The van der Waals surface area contributed by atoms with E-state index in [1.807, 2.05) is 0 Å². The molecule has 0 heteroatoms. The van der Waals surface area contributed by atoms with E-state index in [2.05, 4.69) is 55.5 Å². The van der Waals surface area contributed by atoms with E-state index in [1.54, 1.807) is 0 Å². The van der Waals surface area contributed by atoms with Crippen LogP contribution in [0.2, 0.25) is 0 Å². The van der Waals surface area contributed by atoms with Crippen LogP contribution in [0.25, 0.3) is 0 Å². The SMILES string of the molecule is CC1=CC2C=C/C=C\C=C/C2=C1. The van der Waals surface area contributed by atoms with Crippen LogP contribution >= 0.6 is 0 Å². The number of hydrogen-bond donors (Lipinski definition) is 0. The van der Waals surface area contributed by atoms with Crippen LogP contribution in [0.15, 0.2) is 59.8 Å². The highest BCUT2D eigenvalue weighted by molar-refractivity contribution is 5.45. The van der Waals surface area contributed by atoms with Crippen molar-refractivity contribution >= 4 is 0 Å². The fraction of sp³-hybridized carbons (Fsp3) is 0.167. The summed E-state index contributed by atoms with van der Waals surface area (Å²) >= 11 is 0. The highest BCUT2D eigenvalue weighted by atomic mass is 14.2. The number of allylic oxidation sites excluding steroid dienone is 10. The van der Waals surface area contributed by atoms with E-state index in [4.69, 9.17) is 0 Å². The molecule has 0 heterocycles. The zero-order chi connectivity index (χ0) is 8.39. The Morgan fingerprint density at radius 2 is 1.92 bits per heavy atom. The van der Waals surface area contributed by atoms with E-state index in [0.29, 0.717) is 5.92 Å². The zero-order valence-electron chi connectivity index (χ0n) is 7.20. The summed E-state index contributed by atoms with van der Waals surface area (Å²) in [5.74, 6) is 0.506. The van der Waals surface area contributed by atoms with Gasteiger partial charge in [0.05, 0.1) is 0 Å². The van der Waals surface area contributed by atoms with Gasteiger partial charge in [0.1, 0.15) is 0 Å². The second-order valence-electron chi connectivity index (χ2n) is 3.21. The average molecular weight is 156 g/mol. The van der Waals surface area contributed by atoms with Crippen LogP contribution in [-0.4, -0.2) is 0 Å². The average Bonchev–Trinajstić information content (AvgIpc) is 2.32. The Morgan fingerprint density at radius 3 is 2.83 bits per heavy atom. The second kappa shape index (κ2) is 2.98. The first-order valence-electron chi connectivity index (χ1n) is 4.28. The molecule has 0 aromatic carbocycles. The van der Waals surface area contributed by atoms with Gasteiger partial charge in [0, 0.05) is 5.92 Å². The Labute approximate surface area is 73.3 Å². The lowest BCUT2D eigenvalue weighted by Gasteiger charge is -2.04. The molecule has 2 rings (SSSR count). The van der Waals surface area contributed by atoms with Gasteiger partial charge in [0.2, 0.25) is 0 Å². The summed E-state index contributed by atoms with van der Waals surface area (Å²) in [6.45, 7) is 2.15. The van der Waals surface area contributed by atoms with E-state index in [0.717, 1.165) is 0 Å². The molecule has 2 aliphatic rings. The largest absolute Gasteiger partial charge is 0.0732 e. The Balaban J connectivity index is 2.37. The van der Waals surface area contributed by atoms with Crippen molar-refractivity contribution in [1.29, 1.82) is 0 Å². The van der Waals surface area contributed by atoms with E-state index >= 15 is 0 Å². The first-order valence-corrected chi connectivity index (χ1v) is 4.28. The minimum absolute atomic E-state index is 0.506. The van der Waals surface area contributed by atoms with Crippen molar-refractivity contribution in [3.8, 4) is 0 Å². The molecular formula is C12H12. The molecule has 0 amide bonds. The van der Waals surface area contributed by atoms with Gasteiger partial charge in [-0.25, -0.2) is 0 Å². The normalized spacial score (nSPS) is 31.2. The summed E-state index contributed by atoms with van der Waals surface area (Å²) in [4.78, 5) is 0. The van der Waals surface area contributed by atoms with Crippen molar-refractivity contribution in [2.75, 3.05) is 0 Å². The first kappa shape index (κ1) is 7.35. The monoisotopic (exact) mass is 156 g/mol. The summed E-state index contributed by atoms with van der Waals surface area (Å²) in [5, 5.41) is 0. The number of fused-ring (bicyclic) bond motifs is 1. The van der Waals surface area contributed by atoms with Crippen LogP contribution in [0.5, 0.6) is 0 Å². The van der Waals surface area contributed by atoms with Gasteiger partial charge in [0.15, 0.2) is 0 Å². The molecule has 0 fully saturated rings. The summed E-state index contributed by atoms with van der Waals surface area (Å²) in [7, 11) is 0. The minimum atomic E-state index is 0.506. The van der Waals surface area contributed by atoms with Crippen LogP contribution < -0.4 is 0 Å². The van der Waals surface area contributed by atoms with Gasteiger partial charge in [-0.15, -0.1) is 0 Å². The van der Waals surface area contributed by atoms with E-state index in [9.17, 15) is 0 Å². The molecule has 0 radical (unpaired) electrons. The molecule has 0 saturated carbocycles. The van der Waals surface area contributed by atoms with Gasteiger partial charge in [-0.05, 0) is 12.5 Å². The smallest absolute Gasteiger partial charge is 0.0207 e. The number of hydrogen-bond acceptors (Lipinski definition) is 0. The molecule has 60 valence electrons. The third-order valence-corrected chi connectivity index (χ3v) is 2.16. The molecule has 1 atom stereocenters. The highest BCUT2D eigenvalue weighted by Gasteiger charge is 2.11. The third-order valence-electron chi connectivity index (χ3n) is 2.16. The standard InChI is InChI=1S/C12H12/c1-10-8-11-6-4-2-3-5-7-12(11)9-10/h2-9,11H,1H3/b3-2-,6-4?,7-5-. The quantitative estimate of drug-likeness (QED) is 0.505. The van der Waals surface area contributed by atoms with E-state index in [-0.39, 0.29) is 0 Å². The highest BCUT2D eigenvalue weighted by Crippen LogP contribution is 2.26. The van der Waals surface area contributed by atoms with Crippen molar-refractivity contribution in [3.05, 3.63) is 59.8 Å². The van der Waals surface area contributed by atoms with Crippen molar-refractivity contribution in [2.24, 2.45) is 5.92 Å². The van der Waals surface area contributed by atoms with Gasteiger partial charge >= 0.3 is 0 Å². The molecule has 12 heavy (non-hydrogen) atoms. The molecule has 1 unspecified atom stereocenters. The van der Waals surface area contributed by atoms with Crippen molar-refractivity contribution in [1.82, 2.24) is 0 Å². The molecule has 0 aliphatic heterocycles. The van der Waals surface area contributed by atoms with Crippen molar-refractivity contribution < 1.29 is 0 Å². The molecule has 0 spiro atoms. The topological polar surface area (TPSA) is 0 Å². The fourth-order valence-electron chi connectivity index (χ4n) is 1.59. The summed E-state index contributed by atoms with van der Waals surface area (Å²) < 4.78 is 0. The molecule has 0 bridgehead atoms. The van der Waals surface area contributed by atoms with E-state index in [1.165, 1.54) is 11.1 Å². The van der Waals surface area contributed by atoms with Gasteiger partial charge in [-0.1, -0.05) is 54.2 Å². The minimum Gasteiger partial charge on any atom is -0.0732 e. The predicted octanol–water partition coefficient (Wildman–Crippen LogP) is 3.17. The molecule has 0 nitrogen and oxygen atoms in total. The van der Waals surface area contributed by atoms with Crippen molar-refractivity contribution in [3.63, 3.8) is 0 Å². The molecule has 0 aromatic heterocycles. The molecular weight excluding hydrogens is 144 g/mol. The molecule has 0 aromatic rings. The van der Waals surface area contributed by atoms with Crippen LogP contribution in [0.4, 0.5) is 0 Å². The lowest BCUT2D eigenvalue weighted by atomic mass is 10.0. The summed E-state index contributed by atoms with van der Waals surface area (Å²) in [5.41, 5.74) is 2.76. The Morgan fingerprint density at radius 1 is 1.08 bits per heavy atom. The van der Waals surface area contributed by atoms with Crippen LogP contribution in [0.3, 0.4) is 0 Å². The van der Waals surface area contributed by atoms with Crippen molar-refractivity contribution in [2.45, 2.75) is 6.92 Å². The second-order valence-corrected chi connectivity index (χ2v) is 3.21. The van der Waals surface area contributed by atoms with Crippen LogP contribution in [-0.2, 0) is 0 Å². The lowest BCUT2D eigenvalue weighted by molar-refractivity contribution is 1.03. The maximum atomic E-state index is 2.29. The van der Waals surface area contributed by atoms with Gasteiger partial charge < -0.3 is 0 Å². The Kier molecular flexibility index (Phi) is 1.83. The fourth-order valence-corrected chi connectivity index (χ4v) is 1.59. The summed E-state index contributed by atoms with van der Waals surface area (Å²) in [6, 6.07) is 0. The third kappa shape index (κ3) is 1.33. The van der Waals surface area contributed by atoms with E-state index < -0.39 is 0 Å². The molecule has 2 aliphatic carbocycles. The van der Waals surface area contributed by atoms with Gasteiger partial charge in [-0.2, -0.15) is 0 Å².